The van der Waals surface area contributed by atoms with Gasteiger partial charge in [0.15, 0.2) is 23.2 Å². The van der Waals surface area contributed by atoms with Gasteiger partial charge in [-0.1, -0.05) is 63.7 Å². The first-order valence-electron chi connectivity index (χ1n) is 15.9. The molecule has 0 amide bonds. The molecule has 0 fully saturated rings. The highest BCUT2D eigenvalue weighted by atomic mass is 32.2. The summed E-state index contributed by atoms with van der Waals surface area (Å²) in [4.78, 5) is 25.7. The van der Waals surface area contributed by atoms with Crippen LogP contribution in [0.5, 0.6) is 11.5 Å². The molecule has 280 valence electrons. The predicted molar refractivity (Wildman–Crippen MR) is 192 cm³/mol. The van der Waals surface area contributed by atoms with Gasteiger partial charge in [-0.2, -0.15) is 8.42 Å². The molecule has 0 radical (unpaired) electrons. The maximum atomic E-state index is 13.6. The molecular formula is C36H40N6O10S. The van der Waals surface area contributed by atoms with E-state index in [0.29, 0.717) is 5.56 Å². The molecule has 1 aromatic heterocycles. The van der Waals surface area contributed by atoms with Gasteiger partial charge < -0.3 is 30.0 Å². The van der Waals surface area contributed by atoms with E-state index in [1.807, 2.05) is 20.8 Å². The van der Waals surface area contributed by atoms with Crippen molar-refractivity contribution in [2.24, 2.45) is 10.1 Å². The lowest BCUT2D eigenvalue weighted by Gasteiger charge is -2.20. The molecule has 0 aliphatic rings. The number of para-hydroxylation sites is 2. The van der Waals surface area contributed by atoms with E-state index in [0.717, 1.165) is 5.56 Å². The number of esters is 1. The number of ether oxygens (including phenoxy) is 4. The summed E-state index contributed by atoms with van der Waals surface area (Å²) >= 11 is 0. The van der Waals surface area contributed by atoms with Crippen molar-refractivity contribution in [3.05, 3.63) is 132 Å². The molecule has 4 rings (SSSR count). The van der Waals surface area contributed by atoms with Crippen molar-refractivity contribution in [1.82, 2.24) is 20.7 Å². The lowest BCUT2D eigenvalue weighted by Crippen LogP contribution is -2.29. The number of carbonyl (C=O) groups is 1. The van der Waals surface area contributed by atoms with Gasteiger partial charge in [0.05, 0.1) is 35.3 Å². The zero-order chi connectivity index (χ0) is 38.6. The average Bonchev–Trinajstić information content (AvgIpc) is 3.14. The predicted octanol–water partition coefficient (Wildman–Crippen LogP) is 4.72. The number of hydrogen-bond acceptors (Lipinski definition) is 14. The van der Waals surface area contributed by atoms with Gasteiger partial charge in [0.2, 0.25) is 11.6 Å². The number of carbonyl (C=O) groups excluding carboxylic acids is 1. The molecule has 0 spiro atoms. The van der Waals surface area contributed by atoms with Crippen LogP contribution in [0.25, 0.3) is 5.70 Å². The minimum atomic E-state index is -4.39. The quantitative estimate of drug-likeness (QED) is 0.0287. The van der Waals surface area contributed by atoms with Crippen LogP contribution in [0.4, 0.5) is 0 Å². The van der Waals surface area contributed by atoms with Crippen molar-refractivity contribution >= 4 is 27.5 Å². The van der Waals surface area contributed by atoms with Crippen LogP contribution in [0.1, 0.15) is 48.1 Å². The van der Waals surface area contributed by atoms with E-state index in [2.05, 4.69) is 31.1 Å². The van der Waals surface area contributed by atoms with Gasteiger partial charge in [-0.15, -0.1) is 4.40 Å². The number of hydrogen-bond donors (Lipinski definition) is 4. The van der Waals surface area contributed by atoms with Crippen LogP contribution in [0.3, 0.4) is 0 Å². The molecule has 0 atom stereocenters. The second kappa shape index (κ2) is 18.1. The molecule has 0 bridgehead atoms. The highest BCUT2D eigenvalue weighted by Gasteiger charge is 2.24. The van der Waals surface area contributed by atoms with E-state index in [9.17, 15) is 13.2 Å². The SMILES string of the molecule is C=C(NC(OCCOC(=O)c1cccc(CON(O)O)c1)=C(Oc1ccccc1OC)C(N)=NS(=O)(=O)c1ccc(C(C)(C)C)cc1)c1ncccn1. The average molecular weight is 749 g/mol. The van der Waals surface area contributed by atoms with Crippen LogP contribution in [0.2, 0.25) is 0 Å². The van der Waals surface area contributed by atoms with Crippen LogP contribution in [0, 0.1) is 0 Å². The monoisotopic (exact) mass is 748 g/mol. The fourth-order valence-corrected chi connectivity index (χ4v) is 5.39. The van der Waals surface area contributed by atoms with E-state index >= 15 is 0 Å². The first-order valence-corrected chi connectivity index (χ1v) is 17.3. The Bertz CT molecular complexity index is 2050. The molecule has 16 nitrogen and oxygen atoms in total. The van der Waals surface area contributed by atoms with Crippen LogP contribution >= 0.6 is 0 Å². The molecule has 0 unspecified atom stereocenters. The Hall–Kier alpha value is -5.85. The summed E-state index contributed by atoms with van der Waals surface area (Å²) in [6.45, 7) is 9.12. The van der Waals surface area contributed by atoms with Crippen molar-refractivity contribution in [3.63, 3.8) is 0 Å². The summed E-state index contributed by atoms with van der Waals surface area (Å²) in [5.74, 6) is -1.44. The highest BCUT2D eigenvalue weighted by molar-refractivity contribution is 7.90. The second-order valence-corrected chi connectivity index (χ2v) is 13.6. The summed E-state index contributed by atoms with van der Waals surface area (Å²) in [6, 6.07) is 20.5. The maximum Gasteiger partial charge on any atom is 0.338 e. The number of sulfonamides is 1. The summed E-state index contributed by atoms with van der Waals surface area (Å²) in [5, 5.41) is 20.1. The third-order valence-corrected chi connectivity index (χ3v) is 8.43. The third kappa shape index (κ3) is 11.6. The molecule has 5 N–H and O–H groups in total. The minimum Gasteiger partial charge on any atom is -0.493 e. The molecule has 3 aromatic carbocycles. The smallest absolute Gasteiger partial charge is 0.338 e. The largest absolute Gasteiger partial charge is 0.493 e. The van der Waals surface area contributed by atoms with Gasteiger partial charge >= 0.3 is 5.97 Å². The lowest BCUT2D eigenvalue weighted by atomic mass is 9.87. The molecule has 0 saturated heterocycles. The Morgan fingerprint density at radius 1 is 0.943 bits per heavy atom. The number of benzene rings is 3. The van der Waals surface area contributed by atoms with Gasteiger partial charge in [-0.05, 0) is 59.0 Å². The first-order chi connectivity index (χ1) is 25.2. The van der Waals surface area contributed by atoms with E-state index in [-0.39, 0.29) is 70.4 Å². The van der Waals surface area contributed by atoms with Gasteiger partial charge in [0.1, 0.15) is 13.2 Å². The number of nitrogens with one attached hydrogen (secondary N) is 1. The van der Waals surface area contributed by atoms with Gasteiger partial charge in [-0.25, -0.2) is 19.6 Å². The Kier molecular flexibility index (Phi) is 13.6. The Morgan fingerprint density at radius 2 is 1.60 bits per heavy atom. The molecular weight excluding hydrogens is 708 g/mol. The van der Waals surface area contributed by atoms with Crippen LogP contribution in [-0.2, 0) is 36.4 Å². The van der Waals surface area contributed by atoms with E-state index in [1.165, 1.54) is 43.8 Å². The van der Waals surface area contributed by atoms with Gasteiger partial charge in [0, 0.05) is 12.4 Å². The van der Waals surface area contributed by atoms with Gasteiger partial charge in [-0.3, -0.25) is 10.4 Å². The summed E-state index contributed by atoms with van der Waals surface area (Å²) in [6.07, 6.45) is 2.98. The fraction of sp³-hybridized carbons (Fsp3) is 0.222. The topological polar surface area (TPSA) is 217 Å². The molecule has 0 aliphatic carbocycles. The summed E-state index contributed by atoms with van der Waals surface area (Å²) < 4.78 is 53.9. The summed E-state index contributed by atoms with van der Waals surface area (Å²) in [5.41, 5.74) is 7.82. The first kappa shape index (κ1) is 39.9. The molecule has 0 aliphatic heterocycles. The van der Waals surface area contributed by atoms with Crippen molar-refractivity contribution in [2.75, 3.05) is 20.3 Å². The highest BCUT2D eigenvalue weighted by Crippen LogP contribution is 2.29. The van der Waals surface area contributed by atoms with Crippen LogP contribution in [0.15, 0.2) is 119 Å². The Morgan fingerprint density at radius 3 is 2.25 bits per heavy atom. The number of aromatic nitrogens is 2. The van der Waals surface area contributed by atoms with Crippen molar-refractivity contribution in [3.8, 4) is 11.5 Å². The van der Waals surface area contributed by atoms with Crippen molar-refractivity contribution < 1.29 is 47.4 Å². The van der Waals surface area contributed by atoms with Crippen LogP contribution in [-0.4, -0.2) is 66.3 Å². The van der Waals surface area contributed by atoms with Crippen molar-refractivity contribution in [2.45, 2.75) is 37.7 Å². The zero-order valence-corrected chi connectivity index (χ0v) is 30.2. The Balaban J connectivity index is 1.70. The minimum absolute atomic E-state index is 0.107. The van der Waals surface area contributed by atoms with Gasteiger partial charge in [0.25, 0.3) is 10.0 Å². The Labute approximate surface area is 306 Å². The van der Waals surface area contributed by atoms with E-state index < -0.39 is 27.2 Å². The number of nitrogens with two attached hydrogens (primary N) is 1. The summed E-state index contributed by atoms with van der Waals surface area (Å²) in [7, 11) is -2.97. The molecule has 17 heteroatoms. The normalized spacial score (nSPS) is 12.5. The fourth-order valence-electron chi connectivity index (χ4n) is 4.47. The molecule has 1 heterocycles. The van der Waals surface area contributed by atoms with E-state index in [1.54, 1.807) is 54.6 Å². The lowest BCUT2D eigenvalue weighted by molar-refractivity contribution is -0.497. The number of amidine groups is 1. The molecule has 53 heavy (non-hydrogen) atoms. The van der Waals surface area contributed by atoms with E-state index in [4.69, 9.17) is 35.1 Å². The standard InChI is InChI=1S/C36H40N6O10S/c1-24(33-38-18-9-19-39-33)40-34(49-20-21-50-35(43)26-11-8-10-25(22-26)23-51-42(44)45)31(52-30-13-7-6-12-29(30)48-5)32(37)41-53(46,47)28-16-14-27(15-17-28)36(2,3)4/h6-19,22,40,44-45H,1,20-21,23H2,2-5H3,(H2,37,41). The maximum absolute atomic E-state index is 13.6. The number of methoxy groups -OCH3 is 1. The van der Waals surface area contributed by atoms with Crippen molar-refractivity contribution in [1.29, 1.82) is 0 Å². The molecule has 0 saturated carbocycles. The number of nitrogens with zero attached hydrogens (tertiary/aromatic N) is 4. The molecule has 4 aromatic rings. The van der Waals surface area contributed by atoms with Crippen LogP contribution < -0.4 is 20.5 Å². The third-order valence-electron chi connectivity index (χ3n) is 7.13. The zero-order valence-electron chi connectivity index (χ0n) is 29.4. The number of rotatable bonds is 17. The second-order valence-electron chi connectivity index (χ2n) is 12.0.